The Morgan fingerprint density at radius 1 is 1.20 bits per heavy atom. The zero-order valence-corrected chi connectivity index (χ0v) is 7.28. The molecule has 0 saturated heterocycles. The molecule has 78 valence electrons. The molecule has 0 aliphatic carbocycles. The molecule has 0 bridgehead atoms. The van der Waals surface area contributed by atoms with E-state index in [2.05, 4.69) is 15.3 Å². The molecule has 0 saturated carbocycles. The number of hydrogen-bond acceptors (Lipinski definition) is 3. The summed E-state index contributed by atoms with van der Waals surface area (Å²) in [6, 6.07) is 4.63. The van der Waals surface area contributed by atoms with Crippen LogP contribution in [0.5, 0.6) is 0 Å². The third kappa shape index (κ3) is 1.80. The summed E-state index contributed by atoms with van der Waals surface area (Å²) < 4.78 is 37.3. The molecule has 0 atom stereocenters. The highest BCUT2D eigenvalue weighted by molar-refractivity contribution is 5.56. The first kappa shape index (κ1) is 9.63. The van der Waals surface area contributed by atoms with E-state index in [9.17, 15) is 13.2 Å². The van der Waals surface area contributed by atoms with Crippen LogP contribution in [-0.4, -0.2) is 20.4 Å². The summed E-state index contributed by atoms with van der Waals surface area (Å²) >= 11 is 0. The Bertz CT molecular complexity index is 448. The lowest BCUT2D eigenvalue weighted by atomic mass is 10.2. The topological polar surface area (TPSA) is 54.5 Å². The van der Waals surface area contributed by atoms with Gasteiger partial charge >= 0.3 is 6.18 Å². The number of nitrogens with zero attached hydrogens (tertiary/aromatic N) is 3. The standard InChI is InChI=1S/C8H5F3N4/c9-8(10,11)7-6(13-15-14-7)5-3-1-2-4-12-5/h1-4H,(H,13,14,15). The summed E-state index contributed by atoms with van der Waals surface area (Å²) in [5.74, 6) is 0. The van der Waals surface area contributed by atoms with E-state index >= 15 is 0 Å². The predicted octanol–water partition coefficient (Wildman–Crippen LogP) is 1.89. The average molecular weight is 214 g/mol. The first-order valence-electron chi connectivity index (χ1n) is 3.98. The van der Waals surface area contributed by atoms with Crippen LogP contribution in [0.1, 0.15) is 5.69 Å². The summed E-state index contributed by atoms with van der Waals surface area (Å²) in [6.45, 7) is 0. The third-order valence-electron chi connectivity index (χ3n) is 1.74. The van der Waals surface area contributed by atoms with Gasteiger partial charge in [0.05, 0.1) is 5.69 Å². The highest BCUT2D eigenvalue weighted by Gasteiger charge is 2.37. The molecule has 0 unspecified atom stereocenters. The van der Waals surface area contributed by atoms with Crippen LogP contribution in [0, 0.1) is 0 Å². The first-order chi connectivity index (χ1) is 7.09. The second-order valence-corrected chi connectivity index (χ2v) is 2.75. The van der Waals surface area contributed by atoms with Gasteiger partial charge in [-0.25, -0.2) is 0 Å². The van der Waals surface area contributed by atoms with E-state index in [0.29, 0.717) is 0 Å². The molecule has 4 nitrogen and oxygen atoms in total. The van der Waals surface area contributed by atoms with Gasteiger partial charge in [0.2, 0.25) is 0 Å². The number of alkyl halides is 3. The maximum atomic E-state index is 12.4. The van der Waals surface area contributed by atoms with Gasteiger partial charge in [-0.2, -0.15) is 13.2 Å². The number of halogens is 3. The average Bonchev–Trinajstić information content (AvgIpc) is 2.67. The number of rotatable bonds is 1. The normalized spacial score (nSPS) is 11.7. The monoisotopic (exact) mass is 214 g/mol. The van der Waals surface area contributed by atoms with Gasteiger partial charge in [0.25, 0.3) is 0 Å². The van der Waals surface area contributed by atoms with Crippen molar-refractivity contribution in [2.75, 3.05) is 0 Å². The molecule has 2 aromatic rings. The Labute approximate surface area is 82.2 Å². The van der Waals surface area contributed by atoms with Crippen LogP contribution < -0.4 is 0 Å². The van der Waals surface area contributed by atoms with Gasteiger partial charge < -0.3 is 0 Å². The SMILES string of the molecule is FC(F)(F)c1[nH]nnc1-c1ccccn1. The molecular formula is C8H5F3N4. The van der Waals surface area contributed by atoms with Gasteiger partial charge in [-0.15, -0.1) is 5.10 Å². The van der Waals surface area contributed by atoms with Crippen LogP contribution in [-0.2, 0) is 6.18 Å². The van der Waals surface area contributed by atoms with Crippen LogP contribution in [0.15, 0.2) is 24.4 Å². The van der Waals surface area contributed by atoms with Crippen LogP contribution in [0.2, 0.25) is 0 Å². The lowest BCUT2D eigenvalue weighted by Gasteiger charge is -2.04. The van der Waals surface area contributed by atoms with Crippen LogP contribution >= 0.6 is 0 Å². The van der Waals surface area contributed by atoms with Gasteiger partial charge in [-0.1, -0.05) is 11.3 Å². The Kier molecular flexibility index (Phi) is 2.14. The number of pyridine rings is 1. The first-order valence-corrected chi connectivity index (χ1v) is 3.98. The van der Waals surface area contributed by atoms with Crippen LogP contribution in [0.3, 0.4) is 0 Å². The summed E-state index contributed by atoms with van der Waals surface area (Å²) in [5, 5.41) is 8.31. The minimum atomic E-state index is -4.50. The molecule has 2 heterocycles. The van der Waals surface area contributed by atoms with Gasteiger partial charge in [-0.3, -0.25) is 10.1 Å². The highest BCUT2D eigenvalue weighted by Crippen LogP contribution is 2.32. The maximum Gasteiger partial charge on any atom is 0.435 e. The number of hydrogen-bond donors (Lipinski definition) is 1. The molecule has 0 aliphatic heterocycles. The van der Waals surface area contributed by atoms with Crippen LogP contribution in [0.4, 0.5) is 13.2 Å². The minimum absolute atomic E-state index is 0.138. The van der Waals surface area contributed by atoms with Crippen molar-refractivity contribution < 1.29 is 13.2 Å². The van der Waals surface area contributed by atoms with Crippen molar-refractivity contribution in [1.82, 2.24) is 20.4 Å². The Morgan fingerprint density at radius 3 is 2.60 bits per heavy atom. The summed E-state index contributed by atoms with van der Waals surface area (Å²) in [4.78, 5) is 3.77. The molecule has 0 aliphatic rings. The zero-order chi connectivity index (χ0) is 10.9. The molecule has 2 aromatic heterocycles. The third-order valence-corrected chi connectivity index (χ3v) is 1.74. The van der Waals surface area contributed by atoms with Crippen LogP contribution in [0.25, 0.3) is 11.4 Å². The number of nitrogens with one attached hydrogen (secondary N) is 1. The van der Waals surface area contributed by atoms with Crippen molar-refractivity contribution in [2.45, 2.75) is 6.18 Å². The smallest absolute Gasteiger partial charge is 0.254 e. The summed E-state index contributed by atoms with van der Waals surface area (Å²) in [7, 11) is 0. The molecule has 0 fully saturated rings. The Morgan fingerprint density at radius 2 is 2.00 bits per heavy atom. The molecule has 0 spiro atoms. The predicted molar refractivity (Wildman–Crippen MR) is 44.6 cm³/mol. The van der Waals surface area contributed by atoms with E-state index in [0.717, 1.165) is 0 Å². The second-order valence-electron chi connectivity index (χ2n) is 2.75. The number of H-pyrrole nitrogens is 1. The minimum Gasteiger partial charge on any atom is -0.254 e. The highest BCUT2D eigenvalue weighted by atomic mass is 19.4. The molecule has 2 rings (SSSR count). The van der Waals surface area contributed by atoms with E-state index in [-0.39, 0.29) is 11.4 Å². The number of aromatic amines is 1. The van der Waals surface area contributed by atoms with E-state index < -0.39 is 11.9 Å². The fourth-order valence-corrected chi connectivity index (χ4v) is 1.11. The van der Waals surface area contributed by atoms with Gasteiger partial charge in [0.1, 0.15) is 5.69 Å². The second kappa shape index (κ2) is 3.34. The van der Waals surface area contributed by atoms with E-state index in [1.54, 1.807) is 12.1 Å². The molecule has 0 radical (unpaired) electrons. The maximum absolute atomic E-state index is 12.4. The zero-order valence-electron chi connectivity index (χ0n) is 7.28. The fourth-order valence-electron chi connectivity index (χ4n) is 1.11. The quantitative estimate of drug-likeness (QED) is 0.788. The molecule has 1 N–H and O–H groups in total. The van der Waals surface area contributed by atoms with Crippen molar-refractivity contribution in [3.05, 3.63) is 30.1 Å². The molecule has 15 heavy (non-hydrogen) atoms. The summed E-state index contributed by atoms with van der Waals surface area (Å²) in [6.07, 6.45) is -3.11. The summed E-state index contributed by atoms with van der Waals surface area (Å²) in [5.41, 5.74) is -1.14. The van der Waals surface area contributed by atoms with Gasteiger partial charge in [-0.05, 0) is 12.1 Å². The van der Waals surface area contributed by atoms with Crippen molar-refractivity contribution in [1.29, 1.82) is 0 Å². The molecule has 0 amide bonds. The van der Waals surface area contributed by atoms with E-state index in [4.69, 9.17) is 0 Å². The van der Waals surface area contributed by atoms with Gasteiger partial charge in [0, 0.05) is 6.20 Å². The van der Waals surface area contributed by atoms with E-state index in [1.165, 1.54) is 12.3 Å². The lowest BCUT2D eigenvalue weighted by molar-refractivity contribution is -0.140. The fraction of sp³-hybridized carbons (Fsp3) is 0.125. The largest absolute Gasteiger partial charge is 0.435 e. The molecule has 7 heteroatoms. The van der Waals surface area contributed by atoms with E-state index in [1.807, 2.05) is 5.10 Å². The Balaban J connectivity index is 2.51. The van der Waals surface area contributed by atoms with Gasteiger partial charge in [0.15, 0.2) is 5.69 Å². The van der Waals surface area contributed by atoms with Crippen molar-refractivity contribution >= 4 is 0 Å². The lowest BCUT2D eigenvalue weighted by Crippen LogP contribution is -2.07. The van der Waals surface area contributed by atoms with Crippen molar-refractivity contribution in [3.63, 3.8) is 0 Å². The molecule has 0 aromatic carbocycles. The van der Waals surface area contributed by atoms with Crippen molar-refractivity contribution in [2.24, 2.45) is 0 Å². The number of aromatic nitrogens is 4. The Hall–Kier alpha value is -1.92. The van der Waals surface area contributed by atoms with Crippen molar-refractivity contribution in [3.8, 4) is 11.4 Å². The molecular weight excluding hydrogens is 209 g/mol.